The van der Waals surface area contributed by atoms with Crippen LogP contribution in [0, 0.1) is 6.92 Å². The van der Waals surface area contributed by atoms with Crippen LogP contribution >= 0.6 is 0 Å². The molecule has 0 saturated carbocycles. The van der Waals surface area contributed by atoms with E-state index in [4.69, 9.17) is 4.74 Å². The van der Waals surface area contributed by atoms with E-state index in [1.807, 2.05) is 13.1 Å². The predicted octanol–water partition coefficient (Wildman–Crippen LogP) is 1.32. The molecule has 0 aliphatic rings. The van der Waals surface area contributed by atoms with Gasteiger partial charge in [-0.25, -0.2) is 9.50 Å². The van der Waals surface area contributed by atoms with Crippen LogP contribution in [-0.2, 0) is 14.3 Å². The van der Waals surface area contributed by atoms with Crippen LogP contribution in [0.2, 0.25) is 0 Å². The average molecular weight is 328 g/mol. The monoisotopic (exact) mass is 328 g/mol. The first-order valence-electron chi connectivity index (χ1n) is 7.39. The Morgan fingerprint density at radius 3 is 3.04 bits per heavy atom. The van der Waals surface area contributed by atoms with Gasteiger partial charge in [-0.1, -0.05) is 0 Å². The first kappa shape index (κ1) is 15.7. The summed E-state index contributed by atoms with van der Waals surface area (Å²) < 4.78 is 6.40. The summed E-state index contributed by atoms with van der Waals surface area (Å²) in [7, 11) is 0. The van der Waals surface area contributed by atoms with Gasteiger partial charge < -0.3 is 10.1 Å². The topological polar surface area (TPSA) is 114 Å². The van der Waals surface area contributed by atoms with E-state index in [9.17, 15) is 9.59 Å². The molecular weight excluding hydrogens is 312 g/mol. The standard InChI is InChI=1S/C15H16N6O3/c1-3-24-14(23)7-13(22)17-11-6-10(19-20-11)15-9(2)8-21-12(18-15)4-5-16-21/h4-6,8H,3,7H2,1-2H3,(H2,17,19,20,22). The first-order chi connectivity index (χ1) is 11.6. The fourth-order valence-corrected chi connectivity index (χ4v) is 2.25. The number of rotatable bonds is 5. The van der Waals surface area contributed by atoms with Crippen molar-refractivity contribution in [2.45, 2.75) is 20.3 Å². The van der Waals surface area contributed by atoms with E-state index >= 15 is 0 Å². The minimum atomic E-state index is -0.571. The number of H-pyrrole nitrogens is 1. The number of carbonyl (C=O) groups is 2. The summed E-state index contributed by atoms with van der Waals surface area (Å²) in [6.07, 6.45) is 3.17. The highest BCUT2D eigenvalue weighted by atomic mass is 16.5. The molecule has 0 aliphatic heterocycles. The SMILES string of the molecule is CCOC(=O)CC(=O)Nc1cc(-c2nc3ccnn3cc2C)n[nH]1. The van der Waals surface area contributed by atoms with E-state index in [1.54, 1.807) is 29.8 Å². The van der Waals surface area contributed by atoms with Crippen molar-refractivity contribution in [3.05, 3.63) is 30.1 Å². The van der Waals surface area contributed by atoms with Gasteiger partial charge in [0.2, 0.25) is 5.91 Å². The summed E-state index contributed by atoms with van der Waals surface area (Å²) in [5.74, 6) is -0.660. The second-order valence-electron chi connectivity index (χ2n) is 5.10. The number of hydrogen-bond donors (Lipinski definition) is 2. The lowest BCUT2D eigenvalue weighted by Crippen LogP contribution is -2.18. The van der Waals surface area contributed by atoms with Crippen LogP contribution in [0.5, 0.6) is 0 Å². The molecule has 2 N–H and O–H groups in total. The van der Waals surface area contributed by atoms with E-state index in [2.05, 4.69) is 25.6 Å². The molecule has 3 rings (SSSR count). The van der Waals surface area contributed by atoms with Crippen LogP contribution in [-0.4, -0.2) is 43.3 Å². The second kappa shape index (κ2) is 6.49. The number of ether oxygens (including phenoxy) is 1. The average Bonchev–Trinajstić information content (AvgIpc) is 3.15. The van der Waals surface area contributed by atoms with Crippen LogP contribution in [0.25, 0.3) is 17.0 Å². The summed E-state index contributed by atoms with van der Waals surface area (Å²) in [5, 5.41) is 13.6. The Kier molecular flexibility index (Phi) is 4.23. The Balaban J connectivity index is 1.76. The van der Waals surface area contributed by atoms with Crippen LogP contribution in [0.4, 0.5) is 5.82 Å². The summed E-state index contributed by atoms with van der Waals surface area (Å²) in [6, 6.07) is 3.45. The molecule has 1 amide bonds. The largest absolute Gasteiger partial charge is 0.466 e. The van der Waals surface area contributed by atoms with Gasteiger partial charge in [-0.15, -0.1) is 0 Å². The van der Waals surface area contributed by atoms with Crippen molar-refractivity contribution in [2.75, 3.05) is 11.9 Å². The highest BCUT2D eigenvalue weighted by Crippen LogP contribution is 2.22. The van der Waals surface area contributed by atoms with Gasteiger partial charge in [0.1, 0.15) is 17.9 Å². The fraction of sp³-hybridized carbons (Fsp3) is 0.267. The van der Waals surface area contributed by atoms with Gasteiger partial charge in [0.25, 0.3) is 0 Å². The van der Waals surface area contributed by atoms with Crippen molar-refractivity contribution in [1.29, 1.82) is 0 Å². The molecule has 0 atom stereocenters. The maximum Gasteiger partial charge on any atom is 0.315 e. The number of nitrogens with zero attached hydrogens (tertiary/aromatic N) is 4. The zero-order valence-corrected chi connectivity index (χ0v) is 13.2. The zero-order valence-electron chi connectivity index (χ0n) is 13.2. The third-order valence-corrected chi connectivity index (χ3v) is 3.27. The van der Waals surface area contributed by atoms with Gasteiger partial charge >= 0.3 is 5.97 Å². The lowest BCUT2D eigenvalue weighted by molar-refractivity contribution is -0.145. The van der Waals surface area contributed by atoms with E-state index < -0.39 is 11.9 Å². The Morgan fingerprint density at radius 1 is 1.42 bits per heavy atom. The third-order valence-electron chi connectivity index (χ3n) is 3.27. The molecule has 9 heteroatoms. The van der Waals surface area contributed by atoms with Crippen molar-refractivity contribution in [1.82, 2.24) is 24.8 Å². The lowest BCUT2D eigenvalue weighted by atomic mass is 10.2. The minimum absolute atomic E-state index is 0.238. The Hall–Kier alpha value is -3.23. The molecule has 24 heavy (non-hydrogen) atoms. The van der Waals surface area contributed by atoms with E-state index in [1.165, 1.54) is 0 Å². The lowest BCUT2D eigenvalue weighted by Gasteiger charge is -2.03. The Morgan fingerprint density at radius 2 is 2.25 bits per heavy atom. The Bertz CT molecular complexity index is 898. The molecule has 0 saturated heterocycles. The van der Waals surface area contributed by atoms with Crippen molar-refractivity contribution in [3.63, 3.8) is 0 Å². The third kappa shape index (κ3) is 3.24. The number of anilines is 1. The van der Waals surface area contributed by atoms with E-state index in [0.717, 1.165) is 5.56 Å². The number of esters is 1. The molecule has 3 aromatic rings. The normalized spacial score (nSPS) is 10.8. The van der Waals surface area contributed by atoms with E-state index in [-0.39, 0.29) is 13.0 Å². The molecule has 0 aliphatic carbocycles. The fourth-order valence-electron chi connectivity index (χ4n) is 2.25. The molecule has 0 radical (unpaired) electrons. The minimum Gasteiger partial charge on any atom is -0.466 e. The number of fused-ring (bicyclic) bond motifs is 1. The molecule has 124 valence electrons. The highest BCUT2D eigenvalue weighted by Gasteiger charge is 2.14. The molecule has 3 heterocycles. The van der Waals surface area contributed by atoms with Crippen LogP contribution in [0.15, 0.2) is 24.5 Å². The van der Waals surface area contributed by atoms with Crippen molar-refractivity contribution >= 4 is 23.3 Å². The zero-order chi connectivity index (χ0) is 17.1. The molecule has 9 nitrogen and oxygen atoms in total. The van der Waals surface area contributed by atoms with Gasteiger partial charge in [0.15, 0.2) is 5.65 Å². The first-order valence-corrected chi connectivity index (χ1v) is 7.39. The van der Waals surface area contributed by atoms with Crippen LogP contribution in [0.3, 0.4) is 0 Å². The number of carbonyl (C=O) groups excluding carboxylic acids is 2. The number of aromatic nitrogens is 5. The highest BCUT2D eigenvalue weighted by molar-refractivity contribution is 6.01. The van der Waals surface area contributed by atoms with Gasteiger partial charge in [-0.05, 0) is 19.4 Å². The van der Waals surface area contributed by atoms with Gasteiger partial charge in [-0.3, -0.25) is 14.7 Å². The Labute approximate surface area is 137 Å². The maximum absolute atomic E-state index is 11.8. The summed E-state index contributed by atoms with van der Waals surface area (Å²) >= 11 is 0. The van der Waals surface area contributed by atoms with Gasteiger partial charge in [0.05, 0.1) is 18.5 Å². The van der Waals surface area contributed by atoms with Crippen molar-refractivity contribution in [3.8, 4) is 11.4 Å². The molecular formula is C15H16N6O3. The van der Waals surface area contributed by atoms with Crippen LogP contribution < -0.4 is 5.32 Å². The number of aromatic amines is 1. The molecule has 0 aromatic carbocycles. The quantitative estimate of drug-likeness (QED) is 0.539. The summed E-state index contributed by atoms with van der Waals surface area (Å²) in [5.41, 5.74) is 2.86. The number of nitrogens with one attached hydrogen (secondary N) is 2. The number of hydrogen-bond acceptors (Lipinski definition) is 6. The van der Waals surface area contributed by atoms with Gasteiger partial charge in [0, 0.05) is 18.3 Å². The van der Waals surface area contributed by atoms with Crippen molar-refractivity contribution in [2.24, 2.45) is 0 Å². The summed E-state index contributed by atoms with van der Waals surface area (Å²) in [4.78, 5) is 27.6. The smallest absolute Gasteiger partial charge is 0.315 e. The van der Waals surface area contributed by atoms with Crippen LogP contribution in [0.1, 0.15) is 18.9 Å². The maximum atomic E-state index is 11.8. The predicted molar refractivity (Wildman–Crippen MR) is 85.2 cm³/mol. The van der Waals surface area contributed by atoms with Gasteiger partial charge in [-0.2, -0.15) is 10.2 Å². The molecule has 0 spiro atoms. The molecule has 3 aromatic heterocycles. The molecule has 0 fully saturated rings. The number of amides is 1. The summed E-state index contributed by atoms with van der Waals surface area (Å²) in [6.45, 7) is 3.82. The second-order valence-corrected chi connectivity index (χ2v) is 5.10. The van der Waals surface area contributed by atoms with E-state index in [0.29, 0.717) is 22.9 Å². The number of aryl methyl sites for hydroxylation is 1. The van der Waals surface area contributed by atoms with Crippen molar-refractivity contribution < 1.29 is 14.3 Å². The molecule has 0 unspecified atom stereocenters. The molecule has 0 bridgehead atoms.